The molecule has 3 aromatic rings. The number of guanidine groups is 1. The molecule has 0 fully saturated rings. The molecule has 7 heteroatoms. The average Bonchev–Trinajstić information content (AvgIpc) is 3.32. The molecule has 0 saturated carbocycles. The molecule has 6 nitrogen and oxygen atoms in total. The van der Waals surface area contributed by atoms with Gasteiger partial charge in [0.2, 0.25) is 6.79 Å². The van der Waals surface area contributed by atoms with Crippen molar-refractivity contribution in [1.29, 1.82) is 0 Å². The van der Waals surface area contributed by atoms with Crippen molar-refractivity contribution < 1.29 is 9.47 Å². The highest BCUT2D eigenvalue weighted by Crippen LogP contribution is 2.39. The highest BCUT2D eigenvalue weighted by molar-refractivity contribution is 9.10. The summed E-state index contributed by atoms with van der Waals surface area (Å²) in [6, 6.07) is 12.4. The molecule has 1 aliphatic rings. The zero-order chi connectivity index (χ0) is 18.6. The molecule has 2 aromatic carbocycles. The predicted molar refractivity (Wildman–Crippen MR) is 110 cm³/mol. The Morgan fingerprint density at radius 2 is 2.11 bits per heavy atom. The van der Waals surface area contributed by atoms with E-state index in [1.807, 2.05) is 18.2 Å². The highest BCUT2D eigenvalue weighted by atomic mass is 79.9. The molecule has 1 aromatic heterocycles. The smallest absolute Gasteiger partial charge is 0.231 e. The number of aromatic amines is 1. The summed E-state index contributed by atoms with van der Waals surface area (Å²) in [5.41, 5.74) is 3.56. The zero-order valence-corrected chi connectivity index (χ0v) is 16.6. The third-order valence-electron chi connectivity index (χ3n) is 4.53. The second kappa shape index (κ2) is 7.92. The van der Waals surface area contributed by atoms with Gasteiger partial charge in [-0.15, -0.1) is 0 Å². The van der Waals surface area contributed by atoms with Crippen molar-refractivity contribution in [3.63, 3.8) is 0 Å². The number of nitrogens with zero attached hydrogens (tertiary/aromatic N) is 1. The first-order valence-electron chi connectivity index (χ1n) is 8.82. The minimum Gasteiger partial charge on any atom is -0.454 e. The van der Waals surface area contributed by atoms with Gasteiger partial charge in [0.15, 0.2) is 17.5 Å². The van der Waals surface area contributed by atoms with Gasteiger partial charge in [-0.25, -0.2) is 0 Å². The summed E-state index contributed by atoms with van der Waals surface area (Å²) >= 11 is 3.52. The maximum Gasteiger partial charge on any atom is 0.231 e. The number of nitrogens with one attached hydrogen (secondary N) is 3. The Balaban J connectivity index is 1.32. The fourth-order valence-electron chi connectivity index (χ4n) is 3.18. The van der Waals surface area contributed by atoms with Crippen LogP contribution in [0.5, 0.6) is 11.5 Å². The molecule has 0 bridgehead atoms. The van der Waals surface area contributed by atoms with Gasteiger partial charge in [-0.2, -0.15) is 0 Å². The molecule has 0 atom stereocenters. The van der Waals surface area contributed by atoms with Crippen LogP contribution in [0.3, 0.4) is 0 Å². The van der Waals surface area contributed by atoms with E-state index in [1.54, 1.807) is 7.05 Å². The van der Waals surface area contributed by atoms with E-state index in [0.29, 0.717) is 6.54 Å². The Bertz CT molecular complexity index is 983. The van der Waals surface area contributed by atoms with Gasteiger partial charge in [0, 0.05) is 37.2 Å². The number of para-hydroxylation sites is 1. The van der Waals surface area contributed by atoms with Gasteiger partial charge >= 0.3 is 0 Å². The van der Waals surface area contributed by atoms with Crippen molar-refractivity contribution in [2.45, 2.75) is 13.0 Å². The number of aromatic nitrogens is 1. The van der Waals surface area contributed by atoms with E-state index in [9.17, 15) is 0 Å². The van der Waals surface area contributed by atoms with Crippen LogP contribution in [-0.4, -0.2) is 31.3 Å². The number of ether oxygens (including phenoxy) is 2. The van der Waals surface area contributed by atoms with Gasteiger partial charge in [-0.1, -0.05) is 18.2 Å². The molecule has 0 unspecified atom stereocenters. The molecule has 4 rings (SSSR count). The number of halogens is 1. The Labute approximate surface area is 166 Å². The van der Waals surface area contributed by atoms with Gasteiger partial charge < -0.3 is 25.1 Å². The van der Waals surface area contributed by atoms with Crippen LogP contribution in [0.1, 0.15) is 11.1 Å². The van der Waals surface area contributed by atoms with Crippen molar-refractivity contribution in [3.8, 4) is 11.5 Å². The van der Waals surface area contributed by atoms with Crippen molar-refractivity contribution >= 4 is 32.8 Å². The summed E-state index contributed by atoms with van der Waals surface area (Å²) in [4.78, 5) is 7.61. The largest absolute Gasteiger partial charge is 0.454 e. The summed E-state index contributed by atoms with van der Waals surface area (Å²) in [6.07, 6.45) is 2.99. The minimum atomic E-state index is 0.266. The normalized spacial score (nSPS) is 13.2. The zero-order valence-electron chi connectivity index (χ0n) is 15.0. The van der Waals surface area contributed by atoms with E-state index < -0.39 is 0 Å². The van der Waals surface area contributed by atoms with Gasteiger partial charge in [0.25, 0.3) is 0 Å². The molecular weight excluding hydrogens is 408 g/mol. The number of aliphatic imine (C=N–C) groups is 1. The quantitative estimate of drug-likeness (QED) is 0.429. The number of rotatable bonds is 5. The molecule has 0 spiro atoms. The first kappa shape index (κ1) is 17.7. The second-order valence-electron chi connectivity index (χ2n) is 6.27. The monoisotopic (exact) mass is 428 g/mol. The van der Waals surface area contributed by atoms with Crippen LogP contribution in [0.25, 0.3) is 10.9 Å². The van der Waals surface area contributed by atoms with E-state index >= 15 is 0 Å². The van der Waals surface area contributed by atoms with E-state index in [1.165, 1.54) is 16.5 Å². The third-order valence-corrected chi connectivity index (χ3v) is 5.12. The van der Waals surface area contributed by atoms with Crippen molar-refractivity contribution in [2.75, 3.05) is 20.4 Å². The lowest BCUT2D eigenvalue weighted by Crippen LogP contribution is -2.37. The molecule has 1 aliphatic heterocycles. The standard InChI is InChI=1S/C20H21BrN4O2/c1-22-20(23-7-6-14-11-24-17-5-3-2-4-15(14)17)25-10-13-8-16(21)19-18(9-13)26-12-27-19/h2-5,8-9,11,24H,6-7,10,12H2,1H3,(H2,22,23,25). The first-order chi connectivity index (χ1) is 13.2. The predicted octanol–water partition coefficient (Wildman–Crippen LogP) is 3.57. The first-order valence-corrected chi connectivity index (χ1v) is 9.61. The van der Waals surface area contributed by atoms with Crippen molar-refractivity contribution in [3.05, 3.63) is 58.2 Å². The summed E-state index contributed by atoms with van der Waals surface area (Å²) < 4.78 is 11.8. The molecule has 0 amide bonds. The fourth-order valence-corrected chi connectivity index (χ4v) is 3.79. The van der Waals surface area contributed by atoms with Crippen LogP contribution in [0.2, 0.25) is 0 Å². The van der Waals surface area contributed by atoms with Gasteiger partial charge in [-0.3, -0.25) is 4.99 Å². The van der Waals surface area contributed by atoms with E-state index in [2.05, 4.69) is 60.9 Å². The molecule has 0 aliphatic carbocycles. The number of fused-ring (bicyclic) bond motifs is 2. The van der Waals surface area contributed by atoms with Crippen molar-refractivity contribution in [2.24, 2.45) is 4.99 Å². The Kier molecular flexibility index (Phi) is 5.20. The van der Waals surface area contributed by atoms with E-state index in [4.69, 9.17) is 9.47 Å². The van der Waals surface area contributed by atoms with Gasteiger partial charge in [0.05, 0.1) is 4.47 Å². The lowest BCUT2D eigenvalue weighted by atomic mass is 10.1. The summed E-state index contributed by atoms with van der Waals surface area (Å²) in [5, 5.41) is 7.97. The SMILES string of the molecule is CN=C(NCCc1c[nH]c2ccccc12)NCc1cc(Br)c2c(c1)OCO2. The molecule has 27 heavy (non-hydrogen) atoms. The van der Waals surface area contributed by atoms with Crippen LogP contribution in [0.4, 0.5) is 0 Å². The fraction of sp³-hybridized carbons (Fsp3) is 0.250. The molecule has 3 N–H and O–H groups in total. The van der Waals surface area contributed by atoms with Crippen LogP contribution < -0.4 is 20.1 Å². The van der Waals surface area contributed by atoms with E-state index in [-0.39, 0.29) is 6.79 Å². The van der Waals surface area contributed by atoms with Gasteiger partial charge in [-0.05, 0) is 51.7 Å². The van der Waals surface area contributed by atoms with Crippen LogP contribution in [-0.2, 0) is 13.0 Å². The van der Waals surface area contributed by atoms with Crippen LogP contribution in [0, 0.1) is 0 Å². The lowest BCUT2D eigenvalue weighted by Gasteiger charge is -2.12. The maximum absolute atomic E-state index is 5.47. The molecule has 0 radical (unpaired) electrons. The number of H-pyrrole nitrogens is 1. The molecular formula is C20H21BrN4O2. The number of hydrogen-bond acceptors (Lipinski definition) is 3. The highest BCUT2D eigenvalue weighted by Gasteiger charge is 2.17. The maximum atomic E-state index is 5.47. The van der Waals surface area contributed by atoms with Crippen molar-refractivity contribution in [1.82, 2.24) is 15.6 Å². The van der Waals surface area contributed by atoms with E-state index in [0.717, 1.165) is 40.5 Å². The summed E-state index contributed by atoms with van der Waals surface area (Å²) in [5.74, 6) is 2.30. The Morgan fingerprint density at radius 1 is 1.22 bits per heavy atom. The topological polar surface area (TPSA) is 70.7 Å². The summed E-state index contributed by atoms with van der Waals surface area (Å²) in [6.45, 7) is 1.70. The van der Waals surface area contributed by atoms with Gasteiger partial charge in [0.1, 0.15) is 0 Å². The Morgan fingerprint density at radius 3 is 3.00 bits per heavy atom. The molecule has 140 valence electrons. The molecule has 0 saturated heterocycles. The van der Waals surface area contributed by atoms with Crippen LogP contribution in [0.15, 0.2) is 52.1 Å². The second-order valence-corrected chi connectivity index (χ2v) is 7.13. The minimum absolute atomic E-state index is 0.266. The number of benzene rings is 2. The number of hydrogen-bond donors (Lipinski definition) is 3. The lowest BCUT2D eigenvalue weighted by molar-refractivity contribution is 0.173. The Hall–Kier alpha value is -2.67. The van der Waals surface area contributed by atoms with Crippen LogP contribution >= 0.6 is 15.9 Å². The molecule has 2 heterocycles. The average molecular weight is 429 g/mol. The summed E-state index contributed by atoms with van der Waals surface area (Å²) in [7, 11) is 1.77. The third kappa shape index (κ3) is 3.88.